The zero-order valence-corrected chi connectivity index (χ0v) is 8.47. The van der Waals surface area contributed by atoms with Crippen LogP contribution in [0.15, 0.2) is 0 Å². The first-order valence-corrected chi connectivity index (χ1v) is 4.89. The van der Waals surface area contributed by atoms with Crippen molar-refractivity contribution in [2.75, 3.05) is 11.4 Å². The van der Waals surface area contributed by atoms with Crippen LogP contribution in [0.2, 0.25) is 0 Å². The van der Waals surface area contributed by atoms with Gasteiger partial charge in [-0.1, -0.05) is 0 Å². The molecule has 5 heteroatoms. The second-order valence-corrected chi connectivity index (χ2v) is 3.53. The lowest BCUT2D eigenvalue weighted by molar-refractivity contribution is 0.111. The van der Waals surface area contributed by atoms with Crippen molar-refractivity contribution in [3.05, 3.63) is 5.82 Å². The number of aromatic nitrogens is 3. The van der Waals surface area contributed by atoms with Crippen LogP contribution in [0.4, 0.5) is 5.95 Å². The van der Waals surface area contributed by atoms with E-state index in [0.717, 1.165) is 12.8 Å². The van der Waals surface area contributed by atoms with E-state index in [9.17, 15) is 4.79 Å². The first kappa shape index (κ1) is 9.18. The summed E-state index contributed by atoms with van der Waals surface area (Å²) in [6, 6.07) is 0.585. The molecule has 1 aromatic rings. The molecule has 0 N–H and O–H groups in total. The Morgan fingerprint density at radius 3 is 2.79 bits per heavy atom. The summed E-state index contributed by atoms with van der Waals surface area (Å²) >= 11 is 0. The van der Waals surface area contributed by atoms with E-state index < -0.39 is 0 Å². The topological polar surface area (TPSA) is 51.0 Å². The predicted molar refractivity (Wildman–Crippen MR) is 52.4 cm³/mol. The molecular weight excluding hydrogens is 180 g/mol. The van der Waals surface area contributed by atoms with Gasteiger partial charge in [0.2, 0.25) is 5.95 Å². The summed E-state index contributed by atoms with van der Waals surface area (Å²) in [6.07, 6.45) is 3.16. The van der Waals surface area contributed by atoms with Gasteiger partial charge in [-0.05, 0) is 19.8 Å². The van der Waals surface area contributed by atoms with E-state index in [-0.39, 0.29) is 0 Å². The third kappa shape index (κ3) is 1.49. The smallest absolute Gasteiger partial charge is 0.245 e. The molecule has 1 aromatic heterocycles. The molecule has 0 aromatic carbocycles. The van der Waals surface area contributed by atoms with Crippen molar-refractivity contribution in [3.8, 4) is 0 Å². The first-order chi connectivity index (χ1) is 6.76. The van der Waals surface area contributed by atoms with Gasteiger partial charge in [-0.15, -0.1) is 5.10 Å². The maximum absolute atomic E-state index is 10.6. The van der Waals surface area contributed by atoms with Gasteiger partial charge in [-0.2, -0.15) is 4.98 Å². The molecule has 0 spiro atoms. The minimum atomic E-state index is 0.388. The van der Waals surface area contributed by atoms with Gasteiger partial charge in [-0.3, -0.25) is 4.79 Å². The molecule has 0 unspecified atom stereocenters. The summed E-state index contributed by atoms with van der Waals surface area (Å²) in [5.74, 6) is 1.07. The molecule has 1 aliphatic rings. The molecule has 5 nitrogen and oxygen atoms in total. The standard InChI is InChI=1S/C9H14N4O/c1-3-13(7-4-5-7)9-10-8(6-14)12(2)11-9/h6-7H,3-5H2,1-2H3. The molecule has 0 aliphatic heterocycles. The van der Waals surface area contributed by atoms with Gasteiger partial charge in [0.15, 0.2) is 12.1 Å². The molecule has 1 heterocycles. The Balaban J connectivity index is 2.25. The Labute approximate surface area is 82.7 Å². The maximum atomic E-state index is 10.6. The minimum Gasteiger partial charge on any atom is -0.337 e. The van der Waals surface area contributed by atoms with Crippen LogP contribution in [0.3, 0.4) is 0 Å². The number of carbonyl (C=O) groups excluding carboxylic acids is 1. The minimum absolute atomic E-state index is 0.388. The van der Waals surface area contributed by atoms with E-state index in [4.69, 9.17) is 0 Å². The molecule has 0 radical (unpaired) electrons. The summed E-state index contributed by atoms with van der Waals surface area (Å²) in [4.78, 5) is 16.9. The Morgan fingerprint density at radius 2 is 2.36 bits per heavy atom. The highest BCUT2D eigenvalue weighted by Crippen LogP contribution is 2.29. The third-order valence-electron chi connectivity index (χ3n) is 2.48. The van der Waals surface area contributed by atoms with Crippen LogP contribution in [0, 0.1) is 0 Å². The molecule has 0 bridgehead atoms. The highest BCUT2D eigenvalue weighted by Gasteiger charge is 2.30. The van der Waals surface area contributed by atoms with Crippen molar-refractivity contribution >= 4 is 12.2 Å². The highest BCUT2D eigenvalue weighted by molar-refractivity contribution is 5.69. The Kier molecular flexibility index (Phi) is 2.23. The zero-order valence-electron chi connectivity index (χ0n) is 8.47. The van der Waals surface area contributed by atoms with Crippen molar-refractivity contribution in [1.82, 2.24) is 14.8 Å². The van der Waals surface area contributed by atoms with Crippen molar-refractivity contribution in [1.29, 1.82) is 0 Å². The SMILES string of the molecule is CCN(c1nc(C=O)n(C)n1)C1CC1. The molecule has 14 heavy (non-hydrogen) atoms. The lowest BCUT2D eigenvalue weighted by Crippen LogP contribution is -2.26. The van der Waals surface area contributed by atoms with E-state index in [2.05, 4.69) is 21.9 Å². The number of rotatable bonds is 4. The van der Waals surface area contributed by atoms with Crippen molar-refractivity contribution in [3.63, 3.8) is 0 Å². The molecule has 1 aliphatic carbocycles. The molecule has 2 rings (SSSR count). The Morgan fingerprint density at radius 1 is 1.64 bits per heavy atom. The van der Waals surface area contributed by atoms with Crippen molar-refractivity contribution < 1.29 is 4.79 Å². The van der Waals surface area contributed by atoms with E-state index in [1.165, 1.54) is 17.5 Å². The van der Waals surface area contributed by atoms with E-state index in [0.29, 0.717) is 17.8 Å². The molecular formula is C9H14N4O. The average Bonchev–Trinajstić information content (AvgIpc) is 2.92. The number of nitrogens with zero attached hydrogens (tertiary/aromatic N) is 4. The van der Waals surface area contributed by atoms with Crippen molar-refractivity contribution in [2.24, 2.45) is 7.05 Å². The monoisotopic (exact) mass is 194 g/mol. The second kappa shape index (κ2) is 3.40. The van der Waals surface area contributed by atoms with E-state index in [1.54, 1.807) is 7.05 Å². The van der Waals surface area contributed by atoms with Gasteiger partial charge >= 0.3 is 0 Å². The van der Waals surface area contributed by atoms with Crippen LogP contribution in [0.5, 0.6) is 0 Å². The number of anilines is 1. The summed E-state index contributed by atoms with van der Waals surface area (Å²) in [5, 5.41) is 4.21. The third-order valence-corrected chi connectivity index (χ3v) is 2.48. The van der Waals surface area contributed by atoms with Crippen LogP contribution < -0.4 is 4.90 Å². The summed E-state index contributed by atoms with van der Waals surface area (Å²) in [5.41, 5.74) is 0. The van der Waals surface area contributed by atoms with E-state index >= 15 is 0 Å². The molecule has 76 valence electrons. The summed E-state index contributed by atoms with van der Waals surface area (Å²) < 4.78 is 1.52. The fourth-order valence-electron chi connectivity index (χ4n) is 1.56. The normalized spacial score (nSPS) is 15.6. The largest absolute Gasteiger partial charge is 0.337 e. The fraction of sp³-hybridized carbons (Fsp3) is 0.667. The number of carbonyl (C=O) groups is 1. The Hall–Kier alpha value is -1.39. The van der Waals surface area contributed by atoms with Gasteiger partial charge in [0.1, 0.15) is 0 Å². The van der Waals surface area contributed by atoms with Crippen LogP contribution in [0.1, 0.15) is 30.4 Å². The number of aldehydes is 1. The zero-order chi connectivity index (χ0) is 10.1. The second-order valence-electron chi connectivity index (χ2n) is 3.53. The van der Waals surface area contributed by atoms with Crippen LogP contribution in [-0.4, -0.2) is 33.6 Å². The van der Waals surface area contributed by atoms with Crippen LogP contribution in [-0.2, 0) is 7.05 Å². The molecule has 0 atom stereocenters. The lowest BCUT2D eigenvalue weighted by Gasteiger charge is -2.17. The van der Waals surface area contributed by atoms with Gasteiger partial charge in [0, 0.05) is 19.6 Å². The first-order valence-electron chi connectivity index (χ1n) is 4.89. The summed E-state index contributed by atoms with van der Waals surface area (Å²) in [6.45, 7) is 2.97. The molecule has 1 fully saturated rings. The number of hydrogen-bond donors (Lipinski definition) is 0. The average molecular weight is 194 g/mol. The molecule has 0 saturated heterocycles. The number of hydrogen-bond acceptors (Lipinski definition) is 4. The van der Waals surface area contributed by atoms with Crippen molar-refractivity contribution in [2.45, 2.75) is 25.8 Å². The van der Waals surface area contributed by atoms with Gasteiger partial charge in [-0.25, -0.2) is 4.68 Å². The maximum Gasteiger partial charge on any atom is 0.245 e. The van der Waals surface area contributed by atoms with Gasteiger partial charge in [0.25, 0.3) is 0 Å². The van der Waals surface area contributed by atoms with E-state index in [1.807, 2.05) is 0 Å². The lowest BCUT2D eigenvalue weighted by atomic mass is 10.5. The highest BCUT2D eigenvalue weighted by atomic mass is 16.1. The van der Waals surface area contributed by atoms with Crippen LogP contribution in [0.25, 0.3) is 0 Å². The summed E-state index contributed by atoms with van der Waals surface area (Å²) in [7, 11) is 1.74. The predicted octanol–water partition coefficient (Wildman–Crippen LogP) is 0.616. The molecule has 0 amide bonds. The number of aryl methyl sites for hydroxylation is 1. The quantitative estimate of drug-likeness (QED) is 0.659. The Bertz CT molecular complexity index is 343. The fourth-order valence-corrected chi connectivity index (χ4v) is 1.56. The van der Waals surface area contributed by atoms with Gasteiger partial charge in [0.05, 0.1) is 0 Å². The van der Waals surface area contributed by atoms with Gasteiger partial charge < -0.3 is 4.90 Å². The molecule has 1 saturated carbocycles. The van der Waals surface area contributed by atoms with Crippen LogP contribution >= 0.6 is 0 Å².